The summed E-state index contributed by atoms with van der Waals surface area (Å²) < 4.78 is 5.67. The fourth-order valence-electron chi connectivity index (χ4n) is 2.86. The summed E-state index contributed by atoms with van der Waals surface area (Å²) in [4.78, 5) is 12.4. The SMILES string of the molecule is CCCCCCC(CCCC)C(=O)OCC(CC)CCCC. The molecule has 0 aliphatic carbocycles. The van der Waals surface area contributed by atoms with E-state index in [-0.39, 0.29) is 11.9 Å². The van der Waals surface area contributed by atoms with E-state index in [4.69, 9.17) is 4.74 Å². The first-order chi connectivity index (χ1) is 10.7. The van der Waals surface area contributed by atoms with Crippen LogP contribution >= 0.6 is 0 Å². The van der Waals surface area contributed by atoms with Crippen LogP contribution in [0, 0.1) is 11.8 Å². The molecular formula is C20H40O2. The smallest absolute Gasteiger partial charge is 0.308 e. The summed E-state index contributed by atoms with van der Waals surface area (Å²) in [5.41, 5.74) is 0. The summed E-state index contributed by atoms with van der Waals surface area (Å²) in [6.07, 6.45) is 14.0. The van der Waals surface area contributed by atoms with Crippen molar-refractivity contribution in [2.45, 2.75) is 105 Å². The van der Waals surface area contributed by atoms with Gasteiger partial charge in [0, 0.05) is 0 Å². The second kappa shape index (κ2) is 15.4. The van der Waals surface area contributed by atoms with Crippen LogP contribution in [0.4, 0.5) is 0 Å². The van der Waals surface area contributed by atoms with E-state index in [1.165, 1.54) is 44.9 Å². The molecule has 0 amide bonds. The predicted molar refractivity (Wildman–Crippen MR) is 96.0 cm³/mol. The van der Waals surface area contributed by atoms with Gasteiger partial charge in [0.25, 0.3) is 0 Å². The lowest BCUT2D eigenvalue weighted by Gasteiger charge is -2.19. The van der Waals surface area contributed by atoms with Crippen LogP contribution in [0.3, 0.4) is 0 Å². The molecule has 22 heavy (non-hydrogen) atoms. The molecule has 0 bridgehead atoms. The molecule has 2 atom stereocenters. The Bertz CT molecular complexity index is 250. The van der Waals surface area contributed by atoms with Crippen molar-refractivity contribution in [3.05, 3.63) is 0 Å². The summed E-state index contributed by atoms with van der Waals surface area (Å²) in [7, 11) is 0. The Labute approximate surface area is 139 Å². The van der Waals surface area contributed by atoms with E-state index < -0.39 is 0 Å². The topological polar surface area (TPSA) is 26.3 Å². The van der Waals surface area contributed by atoms with Gasteiger partial charge >= 0.3 is 5.97 Å². The molecule has 2 nitrogen and oxygen atoms in total. The van der Waals surface area contributed by atoms with Gasteiger partial charge in [-0.3, -0.25) is 4.79 Å². The number of hydrogen-bond donors (Lipinski definition) is 0. The molecule has 0 fully saturated rings. The molecule has 0 saturated heterocycles. The first-order valence-electron chi connectivity index (χ1n) is 9.86. The molecule has 0 aromatic heterocycles. The molecule has 0 aliphatic heterocycles. The molecule has 0 saturated carbocycles. The Morgan fingerprint density at radius 3 is 1.95 bits per heavy atom. The summed E-state index contributed by atoms with van der Waals surface area (Å²) in [5.74, 6) is 0.760. The van der Waals surface area contributed by atoms with Crippen molar-refractivity contribution in [2.24, 2.45) is 11.8 Å². The van der Waals surface area contributed by atoms with E-state index in [1.54, 1.807) is 0 Å². The molecule has 2 heteroatoms. The lowest BCUT2D eigenvalue weighted by atomic mass is 9.95. The van der Waals surface area contributed by atoms with Gasteiger partial charge in [0.15, 0.2) is 0 Å². The Kier molecular flexibility index (Phi) is 15.0. The van der Waals surface area contributed by atoms with Gasteiger partial charge in [-0.15, -0.1) is 0 Å². The van der Waals surface area contributed by atoms with Crippen LogP contribution in [-0.2, 0) is 9.53 Å². The number of esters is 1. The minimum atomic E-state index is 0.0693. The number of hydrogen-bond acceptors (Lipinski definition) is 2. The van der Waals surface area contributed by atoms with Crippen molar-refractivity contribution >= 4 is 5.97 Å². The van der Waals surface area contributed by atoms with Crippen LogP contribution in [0.1, 0.15) is 105 Å². The van der Waals surface area contributed by atoms with Crippen molar-refractivity contribution in [3.8, 4) is 0 Å². The van der Waals surface area contributed by atoms with Crippen molar-refractivity contribution in [2.75, 3.05) is 6.61 Å². The van der Waals surface area contributed by atoms with Crippen molar-refractivity contribution in [3.63, 3.8) is 0 Å². The van der Waals surface area contributed by atoms with Gasteiger partial charge in [-0.2, -0.15) is 0 Å². The fourth-order valence-corrected chi connectivity index (χ4v) is 2.86. The standard InChI is InChI=1S/C20H40O2/c1-5-9-12-13-16-19(15-11-7-3)20(21)22-17-18(8-4)14-10-6-2/h18-19H,5-17H2,1-4H3. The maximum absolute atomic E-state index is 12.4. The second-order valence-electron chi connectivity index (χ2n) is 6.74. The maximum Gasteiger partial charge on any atom is 0.308 e. The first kappa shape index (κ1) is 21.5. The van der Waals surface area contributed by atoms with Gasteiger partial charge in [0.05, 0.1) is 12.5 Å². The number of ether oxygens (including phenoxy) is 1. The first-order valence-corrected chi connectivity index (χ1v) is 9.86. The Morgan fingerprint density at radius 1 is 0.773 bits per heavy atom. The second-order valence-corrected chi connectivity index (χ2v) is 6.74. The number of carbonyl (C=O) groups excluding carboxylic acids is 1. The summed E-state index contributed by atoms with van der Waals surface area (Å²) >= 11 is 0. The summed E-state index contributed by atoms with van der Waals surface area (Å²) in [6, 6.07) is 0. The summed E-state index contributed by atoms with van der Waals surface area (Å²) in [5, 5.41) is 0. The Hall–Kier alpha value is -0.530. The number of unbranched alkanes of at least 4 members (excludes halogenated alkanes) is 5. The highest BCUT2D eigenvalue weighted by molar-refractivity contribution is 5.72. The van der Waals surface area contributed by atoms with Gasteiger partial charge in [-0.05, 0) is 25.2 Å². The van der Waals surface area contributed by atoms with Gasteiger partial charge in [-0.25, -0.2) is 0 Å². The highest BCUT2D eigenvalue weighted by Gasteiger charge is 2.20. The third-order valence-electron chi connectivity index (χ3n) is 4.65. The van der Waals surface area contributed by atoms with E-state index in [0.717, 1.165) is 32.1 Å². The lowest BCUT2D eigenvalue weighted by molar-refractivity contribution is -0.150. The zero-order chi connectivity index (χ0) is 16.6. The zero-order valence-corrected chi connectivity index (χ0v) is 15.7. The Balaban J connectivity index is 4.17. The molecule has 2 unspecified atom stereocenters. The maximum atomic E-state index is 12.4. The predicted octanol–water partition coefficient (Wildman–Crippen LogP) is 6.52. The van der Waals surface area contributed by atoms with Crippen LogP contribution < -0.4 is 0 Å². The van der Waals surface area contributed by atoms with Crippen molar-refractivity contribution in [1.82, 2.24) is 0 Å². The van der Waals surface area contributed by atoms with Crippen molar-refractivity contribution in [1.29, 1.82) is 0 Å². The van der Waals surface area contributed by atoms with Gasteiger partial charge in [0.1, 0.15) is 0 Å². The molecule has 132 valence electrons. The molecule has 0 rings (SSSR count). The van der Waals surface area contributed by atoms with E-state index in [9.17, 15) is 4.79 Å². The number of rotatable bonds is 15. The Morgan fingerprint density at radius 2 is 1.36 bits per heavy atom. The molecule has 0 aromatic carbocycles. The third kappa shape index (κ3) is 11.1. The normalized spacial score (nSPS) is 13.8. The third-order valence-corrected chi connectivity index (χ3v) is 4.65. The van der Waals surface area contributed by atoms with Crippen LogP contribution in [0.5, 0.6) is 0 Å². The molecular weight excluding hydrogens is 272 g/mol. The molecule has 0 aromatic rings. The molecule has 0 aliphatic rings. The van der Waals surface area contributed by atoms with Crippen LogP contribution in [0.2, 0.25) is 0 Å². The van der Waals surface area contributed by atoms with Crippen LogP contribution in [0.25, 0.3) is 0 Å². The highest BCUT2D eigenvalue weighted by Crippen LogP contribution is 2.20. The molecule has 0 spiro atoms. The van der Waals surface area contributed by atoms with E-state index in [1.807, 2.05) is 0 Å². The van der Waals surface area contributed by atoms with Gasteiger partial charge < -0.3 is 4.74 Å². The largest absolute Gasteiger partial charge is 0.465 e. The summed E-state index contributed by atoms with van der Waals surface area (Å²) in [6.45, 7) is 9.47. The number of carbonyl (C=O) groups is 1. The minimum absolute atomic E-state index is 0.0693. The molecule has 0 heterocycles. The van der Waals surface area contributed by atoms with Crippen LogP contribution in [0.15, 0.2) is 0 Å². The van der Waals surface area contributed by atoms with E-state index in [2.05, 4.69) is 27.7 Å². The van der Waals surface area contributed by atoms with E-state index >= 15 is 0 Å². The zero-order valence-electron chi connectivity index (χ0n) is 15.7. The van der Waals surface area contributed by atoms with Gasteiger partial charge in [0.2, 0.25) is 0 Å². The average Bonchev–Trinajstić information content (AvgIpc) is 2.54. The molecule has 0 radical (unpaired) electrons. The van der Waals surface area contributed by atoms with Crippen LogP contribution in [-0.4, -0.2) is 12.6 Å². The van der Waals surface area contributed by atoms with E-state index in [0.29, 0.717) is 12.5 Å². The van der Waals surface area contributed by atoms with Gasteiger partial charge in [-0.1, -0.05) is 85.5 Å². The minimum Gasteiger partial charge on any atom is -0.465 e. The quantitative estimate of drug-likeness (QED) is 0.254. The highest BCUT2D eigenvalue weighted by atomic mass is 16.5. The fraction of sp³-hybridized carbons (Fsp3) is 0.950. The van der Waals surface area contributed by atoms with Crippen molar-refractivity contribution < 1.29 is 9.53 Å². The average molecular weight is 313 g/mol. The molecule has 0 N–H and O–H groups in total. The lowest BCUT2D eigenvalue weighted by Crippen LogP contribution is -2.21. The monoisotopic (exact) mass is 312 g/mol.